The van der Waals surface area contributed by atoms with Crippen LogP contribution in [-0.2, 0) is 0 Å². The molecule has 0 bridgehead atoms. The molecule has 1 heterocycles. The van der Waals surface area contributed by atoms with Crippen LogP contribution < -0.4 is 0 Å². The van der Waals surface area contributed by atoms with Crippen LogP contribution >= 0.6 is 11.8 Å². The molecular formula is C9H14N3S. The van der Waals surface area contributed by atoms with Gasteiger partial charge in [0.25, 0.3) is 0 Å². The molecule has 0 atom stereocenters. The number of H-pyrrole nitrogens is 1. The van der Waals surface area contributed by atoms with E-state index < -0.39 is 0 Å². The molecule has 1 aromatic heterocycles. The van der Waals surface area contributed by atoms with Crippen molar-refractivity contribution in [1.29, 1.82) is 0 Å². The molecule has 1 aliphatic rings. The highest BCUT2D eigenvalue weighted by atomic mass is 32.2. The van der Waals surface area contributed by atoms with Crippen LogP contribution in [0.15, 0.2) is 5.16 Å². The Morgan fingerprint density at radius 2 is 2.00 bits per heavy atom. The van der Waals surface area contributed by atoms with E-state index in [1.807, 2.05) is 0 Å². The standard InChI is InChI=1S/C9H14N3S/c1-13-9-10-8(11-12-9)7-5-3-2-4-6-7/h7H,1-6H2,(H,10,11,12). The Morgan fingerprint density at radius 3 is 2.62 bits per heavy atom. The highest BCUT2D eigenvalue weighted by Crippen LogP contribution is 2.30. The maximum atomic E-state index is 4.14. The van der Waals surface area contributed by atoms with Crippen molar-refractivity contribution in [2.45, 2.75) is 43.2 Å². The topological polar surface area (TPSA) is 41.6 Å². The average Bonchev–Trinajstić information content (AvgIpc) is 2.67. The van der Waals surface area contributed by atoms with E-state index in [0.29, 0.717) is 5.92 Å². The van der Waals surface area contributed by atoms with Gasteiger partial charge in [0.2, 0.25) is 0 Å². The number of aromatic amines is 1. The van der Waals surface area contributed by atoms with Crippen LogP contribution in [0.4, 0.5) is 0 Å². The molecule has 1 saturated carbocycles. The van der Waals surface area contributed by atoms with Crippen LogP contribution in [-0.4, -0.2) is 15.2 Å². The quantitative estimate of drug-likeness (QED) is 0.739. The Labute approximate surface area is 82.7 Å². The first kappa shape index (κ1) is 9.06. The van der Waals surface area contributed by atoms with E-state index in [1.54, 1.807) is 0 Å². The van der Waals surface area contributed by atoms with Crippen LogP contribution in [0.5, 0.6) is 0 Å². The smallest absolute Gasteiger partial charge is 0.188 e. The van der Waals surface area contributed by atoms with Crippen molar-refractivity contribution in [2.24, 2.45) is 0 Å². The summed E-state index contributed by atoms with van der Waals surface area (Å²) in [5.41, 5.74) is 0. The van der Waals surface area contributed by atoms with Crippen LogP contribution in [0.2, 0.25) is 0 Å². The molecule has 0 saturated heterocycles. The van der Waals surface area contributed by atoms with Gasteiger partial charge in [-0.15, -0.1) is 10.2 Å². The molecule has 2 rings (SSSR count). The number of nitrogens with zero attached hydrogens (tertiary/aromatic N) is 2. The molecule has 1 fully saturated rings. The highest BCUT2D eigenvalue weighted by molar-refractivity contribution is 8.00. The minimum absolute atomic E-state index is 0.613. The Hall–Kier alpha value is -0.510. The van der Waals surface area contributed by atoms with E-state index in [4.69, 9.17) is 0 Å². The lowest BCUT2D eigenvalue weighted by atomic mass is 9.89. The number of thioether (sulfide) groups is 1. The molecule has 0 amide bonds. The van der Waals surface area contributed by atoms with Crippen molar-refractivity contribution >= 4 is 11.8 Å². The number of aromatic nitrogens is 3. The van der Waals surface area contributed by atoms with Crippen molar-refractivity contribution in [2.75, 3.05) is 0 Å². The maximum absolute atomic E-state index is 4.14. The number of nitrogens with one attached hydrogen (secondary N) is 1. The molecule has 71 valence electrons. The van der Waals surface area contributed by atoms with Gasteiger partial charge in [-0.3, -0.25) is 0 Å². The van der Waals surface area contributed by atoms with E-state index in [1.165, 1.54) is 43.9 Å². The van der Waals surface area contributed by atoms with Crippen molar-refractivity contribution < 1.29 is 0 Å². The molecule has 0 spiro atoms. The van der Waals surface area contributed by atoms with Gasteiger partial charge in [0.1, 0.15) is 5.82 Å². The van der Waals surface area contributed by atoms with Crippen molar-refractivity contribution in [3.05, 3.63) is 12.1 Å². The summed E-state index contributed by atoms with van der Waals surface area (Å²) in [5, 5.41) is 8.98. The summed E-state index contributed by atoms with van der Waals surface area (Å²) in [5.74, 6) is 1.67. The second-order valence-electron chi connectivity index (χ2n) is 3.49. The Kier molecular flexibility index (Phi) is 2.88. The Balaban J connectivity index is 2.05. The van der Waals surface area contributed by atoms with Gasteiger partial charge in [0.15, 0.2) is 5.16 Å². The van der Waals surface area contributed by atoms with Crippen molar-refractivity contribution in [3.63, 3.8) is 0 Å². The van der Waals surface area contributed by atoms with Gasteiger partial charge in [-0.1, -0.05) is 31.0 Å². The molecule has 0 unspecified atom stereocenters. The molecule has 3 nitrogen and oxygen atoms in total. The Bertz CT molecular complexity index is 266. The molecule has 13 heavy (non-hydrogen) atoms. The van der Waals surface area contributed by atoms with Crippen LogP contribution in [0.3, 0.4) is 0 Å². The van der Waals surface area contributed by atoms with E-state index in [2.05, 4.69) is 21.4 Å². The first-order valence-corrected chi connectivity index (χ1v) is 5.73. The van der Waals surface area contributed by atoms with Gasteiger partial charge in [0.05, 0.1) is 0 Å². The summed E-state index contributed by atoms with van der Waals surface area (Å²) in [6.07, 6.45) is 10.3. The monoisotopic (exact) mass is 196 g/mol. The lowest BCUT2D eigenvalue weighted by Crippen LogP contribution is -2.06. The van der Waals surface area contributed by atoms with Gasteiger partial charge in [-0.2, -0.15) is 0 Å². The van der Waals surface area contributed by atoms with Crippen molar-refractivity contribution in [1.82, 2.24) is 15.2 Å². The predicted molar refractivity (Wildman–Crippen MR) is 53.4 cm³/mol. The summed E-state index contributed by atoms with van der Waals surface area (Å²) in [7, 11) is 0. The molecule has 0 aliphatic heterocycles. The summed E-state index contributed by atoms with van der Waals surface area (Å²) >= 11 is 1.37. The second kappa shape index (κ2) is 4.13. The fraction of sp³-hybridized carbons (Fsp3) is 0.667. The van der Waals surface area contributed by atoms with Crippen LogP contribution in [0.25, 0.3) is 0 Å². The summed E-state index contributed by atoms with van der Waals surface area (Å²) < 4.78 is 0. The van der Waals surface area contributed by atoms with Gasteiger partial charge in [0, 0.05) is 12.2 Å². The molecule has 4 heteroatoms. The first-order valence-electron chi connectivity index (χ1n) is 4.75. The van der Waals surface area contributed by atoms with Crippen molar-refractivity contribution in [3.8, 4) is 0 Å². The summed E-state index contributed by atoms with van der Waals surface area (Å²) in [6, 6.07) is 0. The zero-order valence-corrected chi connectivity index (χ0v) is 8.44. The number of rotatable bonds is 2. The number of hydrogen-bond acceptors (Lipinski definition) is 3. The zero-order chi connectivity index (χ0) is 9.10. The first-order chi connectivity index (χ1) is 6.40. The third kappa shape index (κ3) is 2.05. The minimum atomic E-state index is 0.613. The highest BCUT2D eigenvalue weighted by Gasteiger charge is 2.18. The molecule has 0 aromatic carbocycles. The van der Waals surface area contributed by atoms with Gasteiger partial charge >= 0.3 is 0 Å². The summed E-state index contributed by atoms with van der Waals surface area (Å²) in [6.45, 7) is 0. The molecule has 1 aliphatic carbocycles. The third-order valence-electron chi connectivity index (χ3n) is 2.61. The van der Waals surface area contributed by atoms with E-state index in [-0.39, 0.29) is 0 Å². The minimum Gasteiger partial charge on any atom is -0.320 e. The van der Waals surface area contributed by atoms with E-state index >= 15 is 0 Å². The predicted octanol–water partition coefficient (Wildman–Crippen LogP) is 2.74. The molecule has 1 N–H and O–H groups in total. The van der Waals surface area contributed by atoms with Gasteiger partial charge in [-0.05, 0) is 12.8 Å². The van der Waals surface area contributed by atoms with Crippen LogP contribution in [0, 0.1) is 6.26 Å². The number of hydrogen-bond donors (Lipinski definition) is 1. The van der Waals surface area contributed by atoms with Gasteiger partial charge in [-0.25, -0.2) is 0 Å². The second-order valence-corrected chi connectivity index (χ2v) is 4.17. The van der Waals surface area contributed by atoms with E-state index in [9.17, 15) is 0 Å². The fourth-order valence-electron chi connectivity index (χ4n) is 1.88. The average molecular weight is 196 g/mol. The van der Waals surface area contributed by atoms with E-state index in [0.717, 1.165) is 11.0 Å². The molecule has 1 aromatic rings. The third-order valence-corrected chi connectivity index (χ3v) is 3.07. The molecule has 1 radical (unpaired) electrons. The van der Waals surface area contributed by atoms with Gasteiger partial charge < -0.3 is 4.98 Å². The molecular weight excluding hydrogens is 182 g/mol. The van der Waals surface area contributed by atoms with Crippen LogP contribution in [0.1, 0.15) is 43.8 Å². The lowest BCUT2D eigenvalue weighted by molar-refractivity contribution is 0.429. The normalized spacial score (nSPS) is 19.2. The SMILES string of the molecule is [CH2]Sc1nnc(C2CCCCC2)[nH]1. The fourth-order valence-corrected chi connectivity index (χ4v) is 2.16. The summed E-state index contributed by atoms with van der Waals surface area (Å²) in [4.78, 5) is 3.21. The lowest BCUT2D eigenvalue weighted by Gasteiger charge is -2.18. The Morgan fingerprint density at radius 1 is 1.23 bits per heavy atom. The largest absolute Gasteiger partial charge is 0.320 e. The zero-order valence-electron chi connectivity index (χ0n) is 7.62. The maximum Gasteiger partial charge on any atom is 0.188 e.